The van der Waals surface area contributed by atoms with E-state index in [0.717, 1.165) is 45.1 Å². The molecule has 1 aromatic heterocycles. The molecule has 2 heterocycles. The fourth-order valence-corrected chi connectivity index (χ4v) is 2.69. The van der Waals surface area contributed by atoms with Crippen molar-refractivity contribution in [3.05, 3.63) is 30.1 Å². The molecule has 20 heavy (non-hydrogen) atoms. The number of rotatable bonds is 8. The van der Waals surface area contributed by atoms with Gasteiger partial charge < -0.3 is 10.1 Å². The lowest BCUT2D eigenvalue weighted by Gasteiger charge is -2.26. The SMILES string of the molecule is CCCNC1COCC1CN(CC)Cc1ccccn1. The minimum Gasteiger partial charge on any atom is -0.379 e. The van der Waals surface area contributed by atoms with E-state index in [1.807, 2.05) is 12.3 Å². The number of hydrogen-bond acceptors (Lipinski definition) is 4. The van der Waals surface area contributed by atoms with E-state index in [0.29, 0.717) is 12.0 Å². The Labute approximate surface area is 122 Å². The number of hydrogen-bond donors (Lipinski definition) is 1. The van der Waals surface area contributed by atoms with Gasteiger partial charge in [-0.3, -0.25) is 9.88 Å². The van der Waals surface area contributed by atoms with E-state index in [4.69, 9.17) is 4.74 Å². The first-order valence-electron chi connectivity index (χ1n) is 7.76. The Bertz CT molecular complexity index is 371. The lowest BCUT2D eigenvalue weighted by atomic mass is 10.0. The second-order valence-electron chi connectivity index (χ2n) is 5.51. The largest absolute Gasteiger partial charge is 0.379 e. The normalized spacial score (nSPS) is 22.6. The minimum atomic E-state index is 0.507. The van der Waals surface area contributed by atoms with Crippen LogP contribution in [0, 0.1) is 5.92 Å². The summed E-state index contributed by atoms with van der Waals surface area (Å²) in [5.74, 6) is 0.588. The first-order chi connectivity index (χ1) is 9.83. The minimum absolute atomic E-state index is 0.507. The molecule has 1 N–H and O–H groups in total. The van der Waals surface area contributed by atoms with Crippen LogP contribution in [0.2, 0.25) is 0 Å². The lowest BCUT2D eigenvalue weighted by molar-refractivity contribution is 0.166. The predicted molar refractivity (Wildman–Crippen MR) is 81.6 cm³/mol. The van der Waals surface area contributed by atoms with Crippen LogP contribution in [-0.2, 0) is 11.3 Å². The Morgan fingerprint density at radius 1 is 1.35 bits per heavy atom. The van der Waals surface area contributed by atoms with Crippen molar-refractivity contribution < 1.29 is 4.74 Å². The molecule has 0 bridgehead atoms. The molecule has 0 aromatic carbocycles. The third-order valence-electron chi connectivity index (χ3n) is 3.91. The molecule has 4 nitrogen and oxygen atoms in total. The van der Waals surface area contributed by atoms with Gasteiger partial charge in [0.05, 0.1) is 18.9 Å². The number of aromatic nitrogens is 1. The molecule has 1 aliphatic rings. The highest BCUT2D eigenvalue weighted by molar-refractivity contribution is 5.03. The molecule has 0 aliphatic carbocycles. The molecule has 0 radical (unpaired) electrons. The number of nitrogens with zero attached hydrogens (tertiary/aromatic N) is 2. The van der Waals surface area contributed by atoms with E-state index in [2.05, 4.69) is 41.2 Å². The zero-order chi connectivity index (χ0) is 14.2. The molecule has 1 aromatic rings. The third-order valence-corrected chi connectivity index (χ3v) is 3.91. The molecule has 2 rings (SSSR count). The molecule has 112 valence electrons. The predicted octanol–water partition coefficient (Wildman–Crippen LogP) is 1.92. The van der Waals surface area contributed by atoms with Gasteiger partial charge in [-0.15, -0.1) is 0 Å². The fourth-order valence-electron chi connectivity index (χ4n) is 2.69. The van der Waals surface area contributed by atoms with Gasteiger partial charge in [-0.05, 0) is 31.6 Å². The summed E-state index contributed by atoms with van der Waals surface area (Å²) in [6, 6.07) is 6.63. The van der Waals surface area contributed by atoms with Crippen molar-refractivity contribution >= 4 is 0 Å². The van der Waals surface area contributed by atoms with Gasteiger partial charge in [0, 0.05) is 31.2 Å². The molecule has 0 saturated carbocycles. The zero-order valence-corrected chi connectivity index (χ0v) is 12.7. The Balaban J connectivity index is 1.85. The Kier molecular flexibility index (Phi) is 6.43. The monoisotopic (exact) mass is 277 g/mol. The van der Waals surface area contributed by atoms with Gasteiger partial charge in [-0.2, -0.15) is 0 Å². The van der Waals surface area contributed by atoms with Gasteiger partial charge >= 0.3 is 0 Å². The zero-order valence-electron chi connectivity index (χ0n) is 12.7. The summed E-state index contributed by atoms with van der Waals surface area (Å²) in [5, 5.41) is 3.61. The topological polar surface area (TPSA) is 37.4 Å². The van der Waals surface area contributed by atoms with Crippen LogP contribution in [0.5, 0.6) is 0 Å². The van der Waals surface area contributed by atoms with Gasteiger partial charge in [-0.25, -0.2) is 0 Å². The van der Waals surface area contributed by atoms with Crippen molar-refractivity contribution in [2.75, 3.05) is 32.8 Å². The van der Waals surface area contributed by atoms with Crippen LogP contribution in [0.4, 0.5) is 0 Å². The van der Waals surface area contributed by atoms with Crippen LogP contribution in [0.25, 0.3) is 0 Å². The Hall–Kier alpha value is -0.970. The molecule has 0 spiro atoms. The molecule has 4 heteroatoms. The van der Waals surface area contributed by atoms with Gasteiger partial charge in [0.2, 0.25) is 0 Å². The summed E-state index contributed by atoms with van der Waals surface area (Å²) in [5.41, 5.74) is 1.14. The lowest BCUT2D eigenvalue weighted by Crippen LogP contribution is -2.41. The fraction of sp³-hybridized carbons (Fsp3) is 0.688. The maximum Gasteiger partial charge on any atom is 0.0623 e. The van der Waals surface area contributed by atoms with Crippen LogP contribution < -0.4 is 5.32 Å². The number of ether oxygens (including phenoxy) is 1. The highest BCUT2D eigenvalue weighted by Crippen LogP contribution is 2.16. The van der Waals surface area contributed by atoms with Crippen molar-refractivity contribution in [2.45, 2.75) is 32.9 Å². The smallest absolute Gasteiger partial charge is 0.0623 e. The maximum absolute atomic E-state index is 5.66. The number of pyridine rings is 1. The van der Waals surface area contributed by atoms with Crippen LogP contribution in [0.3, 0.4) is 0 Å². The first kappa shape index (κ1) is 15.4. The molecular formula is C16H27N3O. The molecular weight excluding hydrogens is 250 g/mol. The van der Waals surface area contributed by atoms with Gasteiger partial charge in [0.25, 0.3) is 0 Å². The van der Waals surface area contributed by atoms with E-state index < -0.39 is 0 Å². The van der Waals surface area contributed by atoms with E-state index >= 15 is 0 Å². The second-order valence-corrected chi connectivity index (χ2v) is 5.51. The standard InChI is InChI=1S/C16H27N3O/c1-3-8-18-16-13-20-12-14(16)10-19(4-2)11-15-7-5-6-9-17-15/h5-7,9,14,16,18H,3-4,8,10-13H2,1-2H3. The van der Waals surface area contributed by atoms with Crippen molar-refractivity contribution in [1.82, 2.24) is 15.2 Å². The van der Waals surface area contributed by atoms with Crippen LogP contribution in [0.1, 0.15) is 26.0 Å². The summed E-state index contributed by atoms with van der Waals surface area (Å²) in [6.45, 7) is 10.3. The summed E-state index contributed by atoms with van der Waals surface area (Å²) in [6.07, 6.45) is 3.04. The summed E-state index contributed by atoms with van der Waals surface area (Å²) in [7, 11) is 0. The van der Waals surface area contributed by atoms with E-state index in [1.165, 1.54) is 6.42 Å². The molecule has 1 fully saturated rings. The summed E-state index contributed by atoms with van der Waals surface area (Å²) >= 11 is 0. The highest BCUT2D eigenvalue weighted by atomic mass is 16.5. The van der Waals surface area contributed by atoms with E-state index in [1.54, 1.807) is 0 Å². The average Bonchev–Trinajstić information content (AvgIpc) is 2.92. The third kappa shape index (κ3) is 4.54. The average molecular weight is 277 g/mol. The summed E-state index contributed by atoms with van der Waals surface area (Å²) in [4.78, 5) is 6.88. The van der Waals surface area contributed by atoms with E-state index in [-0.39, 0.29) is 0 Å². The molecule has 1 saturated heterocycles. The quantitative estimate of drug-likeness (QED) is 0.788. The van der Waals surface area contributed by atoms with Crippen LogP contribution in [0.15, 0.2) is 24.4 Å². The van der Waals surface area contributed by atoms with Gasteiger partial charge in [0.1, 0.15) is 0 Å². The van der Waals surface area contributed by atoms with Crippen molar-refractivity contribution in [2.24, 2.45) is 5.92 Å². The second kappa shape index (κ2) is 8.35. The Morgan fingerprint density at radius 2 is 2.25 bits per heavy atom. The Morgan fingerprint density at radius 3 is 2.95 bits per heavy atom. The van der Waals surface area contributed by atoms with Gasteiger partial charge in [0.15, 0.2) is 0 Å². The maximum atomic E-state index is 5.66. The van der Waals surface area contributed by atoms with Crippen LogP contribution >= 0.6 is 0 Å². The van der Waals surface area contributed by atoms with Crippen molar-refractivity contribution in [3.63, 3.8) is 0 Å². The molecule has 0 amide bonds. The van der Waals surface area contributed by atoms with E-state index in [9.17, 15) is 0 Å². The van der Waals surface area contributed by atoms with Crippen molar-refractivity contribution in [1.29, 1.82) is 0 Å². The first-order valence-corrected chi connectivity index (χ1v) is 7.76. The highest BCUT2D eigenvalue weighted by Gasteiger charge is 2.28. The molecule has 2 unspecified atom stereocenters. The van der Waals surface area contributed by atoms with Gasteiger partial charge in [-0.1, -0.05) is 19.9 Å². The number of nitrogens with one attached hydrogen (secondary N) is 1. The summed E-state index contributed by atoms with van der Waals surface area (Å²) < 4.78 is 5.66. The van der Waals surface area contributed by atoms with Crippen molar-refractivity contribution in [3.8, 4) is 0 Å². The molecule has 1 aliphatic heterocycles. The molecule has 2 atom stereocenters. The van der Waals surface area contributed by atoms with Crippen LogP contribution in [-0.4, -0.2) is 48.8 Å².